The van der Waals surface area contributed by atoms with Gasteiger partial charge in [0.05, 0.1) is 11.7 Å². The van der Waals surface area contributed by atoms with Gasteiger partial charge in [-0.3, -0.25) is 9.59 Å². The van der Waals surface area contributed by atoms with Crippen LogP contribution in [0.2, 0.25) is 0 Å². The second kappa shape index (κ2) is 9.62. The molecule has 4 heteroatoms. The molecule has 2 N–H and O–H groups in total. The summed E-state index contributed by atoms with van der Waals surface area (Å²) in [7, 11) is 0. The molecule has 0 radical (unpaired) electrons. The molecular weight excluding hydrogens is 316 g/mol. The molecule has 0 saturated carbocycles. The first kappa shape index (κ1) is 18.7. The topological polar surface area (TPSA) is 74.6 Å². The van der Waals surface area contributed by atoms with Gasteiger partial charge >= 0.3 is 5.97 Å². The highest BCUT2D eigenvalue weighted by Crippen LogP contribution is 2.28. The number of carbonyl (C=O) groups is 2. The van der Waals surface area contributed by atoms with Gasteiger partial charge in [0.1, 0.15) is 0 Å². The Labute approximate surface area is 148 Å². The largest absolute Gasteiger partial charge is 0.512 e. The van der Waals surface area contributed by atoms with Crippen molar-refractivity contribution < 1.29 is 19.8 Å². The molecule has 132 valence electrons. The monoisotopic (exact) mass is 340 g/mol. The van der Waals surface area contributed by atoms with E-state index >= 15 is 0 Å². The Kier molecular flexibility index (Phi) is 7.20. The maximum atomic E-state index is 12.0. The third-order valence-electron chi connectivity index (χ3n) is 4.23. The van der Waals surface area contributed by atoms with E-state index in [4.69, 9.17) is 5.11 Å². The van der Waals surface area contributed by atoms with Crippen molar-refractivity contribution in [2.45, 2.75) is 38.5 Å². The van der Waals surface area contributed by atoms with Crippen LogP contribution >= 0.6 is 0 Å². The molecule has 4 nitrogen and oxygen atoms in total. The van der Waals surface area contributed by atoms with Gasteiger partial charge in [-0.05, 0) is 43.4 Å². The summed E-state index contributed by atoms with van der Waals surface area (Å²) in [5, 5.41) is 19.0. The van der Waals surface area contributed by atoms with Crippen LogP contribution in [-0.4, -0.2) is 22.0 Å². The molecule has 0 heterocycles. The molecule has 1 atom stereocenters. The Balaban J connectivity index is 1.89. The van der Waals surface area contributed by atoms with Crippen molar-refractivity contribution >= 4 is 11.8 Å². The first-order valence-corrected chi connectivity index (χ1v) is 8.65. The predicted molar refractivity (Wildman–Crippen MR) is 97.3 cm³/mol. The Bertz CT molecular complexity index is 683. The molecule has 1 unspecified atom stereocenters. The van der Waals surface area contributed by atoms with E-state index in [1.165, 1.54) is 6.08 Å². The smallest absolute Gasteiger partial charge is 0.303 e. The number of hydrogen-bond acceptors (Lipinski definition) is 3. The number of aliphatic hydroxyl groups excluding tert-OH is 1. The Hall–Kier alpha value is -2.62. The van der Waals surface area contributed by atoms with Crippen LogP contribution in [0.5, 0.6) is 0 Å². The SMILES string of the molecule is O=C(O)CCCCCC=C1C(=O)C=CC1C(O)=CCc1ccccc1. The molecule has 0 saturated heterocycles. The lowest BCUT2D eigenvalue weighted by Crippen LogP contribution is -2.06. The highest BCUT2D eigenvalue weighted by Gasteiger charge is 2.25. The lowest BCUT2D eigenvalue weighted by Gasteiger charge is -2.10. The van der Waals surface area contributed by atoms with Gasteiger partial charge < -0.3 is 10.2 Å². The van der Waals surface area contributed by atoms with E-state index in [-0.39, 0.29) is 23.9 Å². The van der Waals surface area contributed by atoms with Gasteiger partial charge in [0.15, 0.2) is 5.78 Å². The minimum atomic E-state index is -0.776. The van der Waals surface area contributed by atoms with Gasteiger partial charge in [-0.25, -0.2) is 0 Å². The maximum absolute atomic E-state index is 12.0. The number of carboxylic acids is 1. The summed E-state index contributed by atoms with van der Waals surface area (Å²) in [6, 6.07) is 9.84. The zero-order valence-corrected chi connectivity index (χ0v) is 14.2. The van der Waals surface area contributed by atoms with Crippen molar-refractivity contribution in [1.29, 1.82) is 0 Å². The number of unbranched alkanes of at least 4 members (excludes halogenated alkanes) is 3. The van der Waals surface area contributed by atoms with Crippen molar-refractivity contribution in [3.05, 3.63) is 71.5 Å². The van der Waals surface area contributed by atoms with Gasteiger partial charge in [0.2, 0.25) is 0 Å². The second-order valence-electron chi connectivity index (χ2n) is 6.17. The standard InChI is InChI=1S/C21H24O4/c22-19(14-12-16-8-4-3-5-9-16)18-13-15-20(23)17(18)10-6-1-2-7-11-21(24)25/h3-5,8-10,13-15,18,22H,1-2,6-7,11-12H2,(H,24,25). The Morgan fingerprint density at radius 3 is 2.56 bits per heavy atom. The third kappa shape index (κ3) is 6.07. The van der Waals surface area contributed by atoms with Gasteiger partial charge in [-0.1, -0.05) is 48.9 Å². The van der Waals surface area contributed by atoms with Gasteiger partial charge in [0.25, 0.3) is 0 Å². The molecule has 1 aliphatic rings. The van der Waals surface area contributed by atoms with E-state index < -0.39 is 5.97 Å². The van der Waals surface area contributed by atoms with E-state index in [0.717, 1.165) is 18.4 Å². The van der Waals surface area contributed by atoms with Crippen LogP contribution in [0.3, 0.4) is 0 Å². The first-order chi connectivity index (χ1) is 12.1. The van der Waals surface area contributed by atoms with Crippen molar-refractivity contribution in [3.63, 3.8) is 0 Å². The van der Waals surface area contributed by atoms with Crippen LogP contribution in [0.4, 0.5) is 0 Å². The quantitative estimate of drug-likeness (QED) is 0.397. The molecule has 0 bridgehead atoms. The number of carbonyl (C=O) groups excluding carboxylic acids is 1. The van der Waals surface area contributed by atoms with Crippen molar-refractivity contribution in [1.82, 2.24) is 0 Å². The maximum Gasteiger partial charge on any atom is 0.303 e. The summed E-state index contributed by atoms with van der Waals surface area (Å²) >= 11 is 0. The summed E-state index contributed by atoms with van der Waals surface area (Å²) < 4.78 is 0. The molecule has 0 aromatic heterocycles. The number of ketones is 1. The number of allylic oxidation sites excluding steroid dienone is 4. The molecule has 0 amide bonds. The summed E-state index contributed by atoms with van der Waals surface area (Å²) in [5.74, 6) is -1.00. The summed E-state index contributed by atoms with van der Waals surface area (Å²) in [6.45, 7) is 0. The lowest BCUT2D eigenvalue weighted by molar-refractivity contribution is -0.137. The van der Waals surface area contributed by atoms with Gasteiger partial charge in [-0.2, -0.15) is 0 Å². The van der Waals surface area contributed by atoms with Crippen LogP contribution in [0.25, 0.3) is 0 Å². The van der Waals surface area contributed by atoms with Gasteiger partial charge in [-0.15, -0.1) is 0 Å². The zero-order valence-electron chi connectivity index (χ0n) is 14.2. The number of rotatable bonds is 9. The Morgan fingerprint density at radius 1 is 1.08 bits per heavy atom. The fraction of sp³-hybridized carbons (Fsp3) is 0.333. The first-order valence-electron chi connectivity index (χ1n) is 8.65. The highest BCUT2D eigenvalue weighted by atomic mass is 16.4. The zero-order chi connectivity index (χ0) is 18.1. The number of carboxylic acid groups (broad SMARTS) is 1. The summed E-state index contributed by atoms with van der Waals surface area (Å²) in [4.78, 5) is 22.5. The molecular formula is C21H24O4. The van der Waals surface area contributed by atoms with Crippen molar-refractivity contribution in [2.24, 2.45) is 5.92 Å². The number of hydrogen-bond donors (Lipinski definition) is 2. The van der Waals surface area contributed by atoms with E-state index in [9.17, 15) is 14.7 Å². The molecule has 25 heavy (non-hydrogen) atoms. The number of benzene rings is 1. The highest BCUT2D eigenvalue weighted by molar-refractivity contribution is 6.07. The summed E-state index contributed by atoms with van der Waals surface area (Å²) in [5.41, 5.74) is 1.71. The van der Waals surface area contributed by atoms with Crippen molar-refractivity contribution in [2.75, 3.05) is 0 Å². The van der Waals surface area contributed by atoms with E-state index in [1.54, 1.807) is 12.2 Å². The molecule has 2 rings (SSSR count). The predicted octanol–water partition coefficient (Wildman–Crippen LogP) is 4.39. The average molecular weight is 340 g/mol. The molecule has 1 aromatic rings. The number of aliphatic hydroxyl groups is 1. The summed E-state index contributed by atoms with van der Waals surface area (Å²) in [6.07, 6.45) is 10.7. The van der Waals surface area contributed by atoms with Crippen LogP contribution < -0.4 is 0 Å². The van der Waals surface area contributed by atoms with E-state index in [1.807, 2.05) is 36.4 Å². The molecule has 1 aromatic carbocycles. The van der Waals surface area contributed by atoms with Crippen LogP contribution in [0, 0.1) is 5.92 Å². The minimum absolute atomic E-state index is 0.0600. The fourth-order valence-corrected chi connectivity index (χ4v) is 2.84. The van der Waals surface area contributed by atoms with Crippen LogP contribution in [0.15, 0.2) is 66.0 Å². The molecule has 0 aliphatic heterocycles. The lowest BCUT2D eigenvalue weighted by atomic mass is 9.96. The van der Waals surface area contributed by atoms with E-state index in [0.29, 0.717) is 24.8 Å². The van der Waals surface area contributed by atoms with Crippen LogP contribution in [0.1, 0.15) is 37.7 Å². The fourth-order valence-electron chi connectivity index (χ4n) is 2.84. The van der Waals surface area contributed by atoms with Crippen LogP contribution in [-0.2, 0) is 16.0 Å². The minimum Gasteiger partial charge on any atom is -0.512 e. The van der Waals surface area contributed by atoms with E-state index in [2.05, 4.69) is 0 Å². The third-order valence-corrected chi connectivity index (χ3v) is 4.23. The molecule has 0 fully saturated rings. The normalized spacial score (nSPS) is 18.9. The average Bonchev–Trinajstić information content (AvgIpc) is 2.97. The molecule has 0 spiro atoms. The number of aliphatic carboxylic acids is 1. The van der Waals surface area contributed by atoms with Crippen molar-refractivity contribution in [3.8, 4) is 0 Å². The second-order valence-corrected chi connectivity index (χ2v) is 6.17. The van der Waals surface area contributed by atoms with Gasteiger partial charge in [0, 0.05) is 12.0 Å². The molecule has 1 aliphatic carbocycles. The Morgan fingerprint density at radius 2 is 1.84 bits per heavy atom.